The minimum Gasteiger partial charge on any atom is -0.342 e. The van der Waals surface area contributed by atoms with Crippen LogP contribution < -0.4 is 4.90 Å². The first kappa shape index (κ1) is 24.0. The predicted molar refractivity (Wildman–Crippen MR) is 149 cm³/mol. The monoisotopic (exact) mass is 513 g/mol. The Morgan fingerprint density at radius 1 is 0.917 bits per heavy atom. The minimum atomic E-state index is -0.451. The highest BCUT2D eigenvalue weighted by molar-refractivity contribution is 7.80. The van der Waals surface area contributed by atoms with Crippen molar-refractivity contribution in [3.8, 4) is 0 Å². The molecule has 1 fully saturated rings. The molecular formula is C29H24ClN3O2S. The van der Waals surface area contributed by atoms with Gasteiger partial charge in [0, 0.05) is 40.8 Å². The van der Waals surface area contributed by atoms with Crippen molar-refractivity contribution in [1.82, 2.24) is 9.47 Å². The number of thiocarbonyl (C=S) groups is 1. The summed E-state index contributed by atoms with van der Waals surface area (Å²) in [4.78, 5) is 29.9. The van der Waals surface area contributed by atoms with Crippen molar-refractivity contribution < 1.29 is 9.59 Å². The van der Waals surface area contributed by atoms with E-state index in [1.165, 1.54) is 20.9 Å². The van der Waals surface area contributed by atoms with E-state index in [4.69, 9.17) is 23.8 Å². The van der Waals surface area contributed by atoms with E-state index in [9.17, 15) is 9.59 Å². The van der Waals surface area contributed by atoms with Gasteiger partial charge in [-0.15, -0.1) is 0 Å². The number of carbonyl (C=O) groups excluding carboxylic acids is 2. The van der Waals surface area contributed by atoms with Gasteiger partial charge in [-0.05, 0) is 68.0 Å². The Kier molecular flexibility index (Phi) is 6.48. The van der Waals surface area contributed by atoms with Crippen LogP contribution in [0.3, 0.4) is 0 Å². The quantitative estimate of drug-likeness (QED) is 0.181. The number of anilines is 1. The number of aryl methyl sites for hydroxylation is 1. The molecule has 180 valence electrons. The zero-order valence-corrected chi connectivity index (χ0v) is 21.5. The van der Waals surface area contributed by atoms with Crippen LogP contribution in [0.5, 0.6) is 0 Å². The Morgan fingerprint density at radius 3 is 2.31 bits per heavy atom. The number of carbonyl (C=O) groups is 2. The molecule has 36 heavy (non-hydrogen) atoms. The summed E-state index contributed by atoms with van der Waals surface area (Å²) in [5, 5.41) is 1.68. The summed E-state index contributed by atoms with van der Waals surface area (Å²) >= 11 is 11.6. The first-order chi connectivity index (χ1) is 17.4. The molecule has 1 saturated heterocycles. The van der Waals surface area contributed by atoms with Crippen molar-refractivity contribution in [2.24, 2.45) is 0 Å². The maximum Gasteiger partial charge on any atom is 0.270 e. The molecule has 0 unspecified atom stereocenters. The van der Waals surface area contributed by atoms with E-state index < -0.39 is 11.8 Å². The maximum absolute atomic E-state index is 13.6. The zero-order chi connectivity index (χ0) is 25.4. The van der Waals surface area contributed by atoms with Gasteiger partial charge >= 0.3 is 0 Å². The fraction of sp³-hybridized carbons (Fsp3) is 0.138. The van der Waals surface area contributed by atoms with Crippen molar-refractivity contribution in [3.63, 3.8) is 0 Å². The first-order valence-corrected chi connectivity index (χ1v) is 12.5. The third-order valence-electron chi connectivity index (χ3n) is 6.33. The van der Waals surface area contributed by atoms with Gasteiger partial charge in [0.15, 0.2) is 5.11 Å². The Morgan fingerprint density at radius 2 is 1.61 bits per heavy atom. The topological polar surface area (TPSA) is 45.6 Å². The van der Waals surface area contributed by atoms with Crippen molar-refractivity contribution >= 4 is 63.4 Å². The highest BCUT2D eigenvalue weighted by atomic mass is 35.5. The molecule has 0 saturated carbocycles. The fourth-order valence-electron chi connectivity index (χ4n) is 4.44. The third-order valence-corrected chi connectivity index (χ3v) is 6.98. The number of aromatic nitrogens is 1. The van der Waals surface area contributed by atoms with Crippen LogP contribution in [0.15, 0.2) is 84.6 Å². The Bertz CT molecular complexity index is 1520. The molecule has 7 heteroatoms. The molecule has 1 aromatic heterocycles. The largest absolute Gasteiger partial charge is 0.342 e. The Balaban J connectivity index is 1.60. The zero-order valence-electron chi connectivity index (χ0n) is 19.9. The van der Waals surface area contributed by atoms with Crippen LogP contribution in [0.25, 0.3) is 17.0 Å². The van der Waals surface area contributed by atoms with E-state index in [1.807, 2.05) is 37.4 Å². The lowest BCUT2D eigenvalue weighted by molar-refractivity contribution is -0.127. The van der Waals surface area contributed by atoms with Gasteiger partial charge in [-0.3, -0.25) is 19.4 Å². The molecule has 2 amide bonds. The molecule has 4 aromatic rings. The summed E-state index contributed by atoms with van der Waals surface area (Å²) in [5.41, 5.74) is 4.83. The molecule has 5 rings (SSSR count). The third kappa shape index (κ3) is 4.34. The van der Waals surface area contributed by atoms with Gasteiger partial charge in [0.2, 0.25) is 0 Å². The van der Waals surface area contributed by atoms with E-state index in [1.54, 1.807) is 30.3 Å². The highest BCUT2D eigenvalue weighted by Gasteiger charge is 2.39. The van der Waals surface area contributed by atoms with Gasteiger partial charge in [-0.1, -0.05) is 59.6 Å². The van der Waals surface area contributed by atoms with Crippen molar-refractivity contribution in [2.75, 3.05) is 11.4 Å². The minimum absolute atomic E-state index is 0.0682. The van der Waals surface area contributed by atoms with Gasteiger partial charge in [0.25, 0.3) is 11.8 Å². The summed E-state index contributed by atoms with van der Waals surface area (Å²) in [7, 11) is 0. The average molecular weight is 514 g/mol. The molecule has 1 aliphatic heterocycles. The Labute approximate surface area is 220 Å². The van der Waals surface area contributed by atoms with E-state index >= 15 is 0 Å². The molecule has 0 aliphatic carbocycles. The number of para-hydroxylation sites is 1. The lowest BCUT2D eigenvalue weighted by atomic mass is 10.1. The molecule has 0 spiro atoms. The molecular weight excluding hydrogens is 490 g/mol. The summed E-state index contributed by atoms with van der Waals surface area (Å²) in [6.45, 7) is 4.93. The second-order valence-corrected chi connectivity index (χ2v) is 9.52. The van der Waals surface area contributed by atoms with Crippen LogP contribution in [0.2, 0.25) is 5.02 Å². The normalized spacial score (nSPS) is 15.4. The molecule has 3 aromatic carbocycles. The summed E-state index contributed by atoms with van der Waals surface area (Å²) in [6, 6.07) is 23.2. The number of nitrogens with zero attached hydrogens (tertiary/aromatic N) is 3. The summed E-state index contributed by atoms with van der Waals surface area (Å²) < 4.78 is 2.14. The van der Waals surface area contributed by atoms with Gasteiger partial charge in [0.05, 0.1) is 5.69 Å². The van der Waals surface area contributed by atoms with Crippen molar-refractivity contribution in [2.45, 2.75) is 20.4 Å². The van der Waals surface area contributed by atoms with Crippen molar-refractivity contribution in [1.29, 1.82) is 0 Å². The highest BCUT2D eigenvalue weighted by Crippen LogP contribution is 2.30. The van der Waals surface area contributed by atoms with Crippen LogP contribution in [0, 0.1) is 6.92 Å². The number of hydrogen-bond acceptors (Lipinski definition) is 3. The number of hydrogen-bond donors (Lipinski definition) is 0. The Hall–Kier alpha value is -3.74. The smallest absolute Gasteiger partial charge is 0.270 e. The van der Waals surface area contributed by atoms with E-state index in [0.717, 1.165) is 16.5 Å². The first-order valence-electron chi connectivity index (χ1n) is 11.7. The number of amides is 2. The molecule has 0 atom stereocenters. The average Bonchev–Trinajstić information content (AvgIpc) is 3.22. The number of likely N-dealkylation sites (N-methyl/N-ethyl adjacent to an activating group) is 1. The van der Waals surface area contributed by atoms with Crippen molar-refractivity contribution in [3.05, 3.63) is 106 Å². The number of rotatable bonds is 5. The van der Waals surface area contributed by atoms with Crippen LogP contribution in [-0.2, 0) is 16.1 Å². The number of halogens is 1. The standard InChI is InChI=1S/C29H24ClN3O2S/c1-3-32-27(34)25(28(35)33(29(32)36)23-14-12-22(30)13-15-23)16-21-18-31(26-7-5-4-6-24(21)26)17-20-10-8-19(2)9-11-20/h4-16,18H,3,17H2,1-2H3/b25-16+. The van der Waals surface area contributed by atoms with Gasteiger partial charge < -0.3 is 4.57 Å². The molecule has 0 N–H and O–H groups in total. The summed E-state index contributed by atoms with van der Waals surface area (Å²) in [5.74, 6) is -0.847. The van der Waals surface area contributed by atoms with Crippen LogP contribution >= 0.6 is 23.8 Å². The van der Waals surface area contributed by atoms with Crippen LogP contribution in [0.1, 0.15) is 23.6 Å². The molecule has 1 aliphatic rings. The second-order valence-electron chi connectivity index (χ2n) is 8.72. The predicted octanol–water partition coefficient (Wildman–Crippen LogP) is 6.22. The van der Waals surface area contributed by atoms with E-state index in [2.05, 4.69) is 35.8 Å². The fourth-order valence-corrected chi connectivity index (χ4v) is 4.96. The molecule has 5 nitrogen and oxygen atoms in total. The van der Waals surface area contributed by atoms with Gasteiger partial charge in [-0.25, -0.2) is 0 Å². The number of fused-ring (bicyclic) bond motifs is 1. The second kappa shape index (κ2) is 9.72. The van der Waals surface area contributed by atoms with Crippen LogP contribution in [-0.4, -0.2) is 32.9 Å². The summed E-state index contributed by atoms with van der Waals surface area (Å²) in [6.07, 6.45) is 3.68. The molecule has 2 heterocycles. The van der Waals surface area contributed by atoms with Gasteiger partial charge in [-0.2, -0.15) is 0 Å². The maximum atomic E-state index is 13.6. The van der Waals surface area contributed by atoms with Crippen LogP contribution in [0.4, 0.5) is 5.69 Å². The molecule has 0 radical (unpaired) electrons. The lowest BCUT2D eigenvalue weighted by Crippen LogP contribution is -2.56. The SMILES string of the molecule is CCN1C(=O)/C(=C\c2cn(Cc3ccc(C)cc3)c3ccccc23)C(=O)N(c2ccc(Cl)cc2)C1=S. The lowest BCUT2D eigenvalue weighted by Gasteiger charge is -2.36. The van der Waals surface area contributed by atoms with E-state index in [0.29, 0.717) is 23.8 Å². The molecule has 0 bridgehead atoms. The van der Waals surface area contributed by atoms with E-state index in [-0.39, 0.29) is 10.7 Å². The van der Waals surface area contributed by atoms with Gasteiger partial charge in [0.1, 0.15) is 5.57 Å². The number of benzene rings is 3.